The van der Waals surface area contributed by atoms with Crippen LogP contribution in [0.25, 0.3) is 10.7 Å². The van der Waals surface area contributed by atoms with Crippen LogP contribution >= 0.6 is 34.7 Å². The van der Waals surface area contributed by atoms with Gasteiger partial charge in [0.05, 0.1) is 4.88 Å². The molecule has 0 aliphatic heterocycles. The SMILES string of the molecule is NC(=O)CCn1c(SC/C=C/Cl)nnc1-c1cccs1. The van der Waals surface area contributed by atoms with E-state index < -0.39 is 0 Å². The number of amides is 1. The van der Waals surface area contributed by atoms with Crippen LogP contribution in [-0.4, -0.2) is 26.4 Å². The molecule has 2 N–H and O–H groups in total. The number of hydrogen-bond acceptors (Lipinski definition) is 5. The van der Waals surface area contributed by atoms with Gasteiger partial charge in [-0.15, -0.1) is 21.5 Å². The topological polar surface area (TPSA) is 73.8 Å². The van der Waals surface area contributed by atoms with Crippen molar-refractivity contribution in [2.45, 2.75) is 18.1 Å². The maximum absolute atomic E-state index is 11.0. The maximum Gasteiger partial charge on any atom is 0.219 e. The highest BCUT2D eigenvalue weighted by Crippen LogP contribution is 2.27. The fourth-order valence-corrected chi connectivity index (χ4v) is 3.25. The minimum atomic E-state index is -0.340. The van der Waals surface area contributed by atoms with Gasteiger partial charge in [0.25, 0.3) is 0 Å². The summed E-state index contributed by atoms with van der Waals surface area (Å²) in [6.07, 6.45) is 2.08. The lowest BCUT2D eigenvalue weighted by Gasteiger charge is -2.07. The lowest BCUT2D eigenvalue weighted by molar-refractivity contribution is -0.118. The molecule has 0 bridgehead atoms. The Kier molecular flexibility index (Phi) is 5.63. The van der Waals surface area contributed by atoms with E-state index >= 15 is 0 Å². The molecule has 0 spiro atoms. The van der Waals surface area contributed by atoms with Gasteiger partial charge in [-0.3, -0.25) is 4.79 Å². The molecule has 1 amide bonds. The molecule has 0 aliphatic rings. The molecule has 0 aliphatic carbocycles. The molecule has 2 heterocycles. The fraction of sp³-hybridized carbons (Fsp3) is 0.250. The summed E-state index contributed by atoms with van der Waals surface area (Å²) in [6.45, 7) is 0.475. The van der Waals surface area contributed by atoms with Gasteiger partial charge in [-0.2, -0.15) is 0 Å². The van der Waals surface area contributed by atoms with Gasteiger partial charge in [-0.25, -0.2) is 0 Å². The first-order valence-electron chi connectivity index (χ1n) is 5.85. The molecule has 2 rings (SSSR count). The second kappa shape index (κ2) is 7.47. The molecule has 0 fully saturated rings. The van der Waals surface area contributed by atoms with Crippen LogP contribution in [0.4, 0.5) is 0 Å². The third kappa shape index (κ3) is 3.84. The summed E-state index contributed by atoms with van der Waals surface area (Å²) in [6, 6.07) is 3.93. The Morgan fingerprint density at radius 1 is 1.55 bits per heavy atom. The van der Waals surface area contributed by atoms with Gasteiger partial charge in [-0.05, 0) is 11.4 Å². The van der Waals surface area contributed by atoms with E-state index in [9.17, 15) is 4.79 Å². The van der Waals surface area contributed by atoms with Crippen molar-refractivity contribution < 1.29 is 4.79 Å². The van der Waals surface area contributed by atoms with Crippen molar-refractivity contribution in [2.24, 2.45) is 5.73 Å². The molecule has 106 valence electrons. The Balaban J connectivity index is 2.24. The molecule has 20 heavy (non-hydrogen) atoms. The van der Waals surface area contributed by atoms with E-state index in [2.05, 4.69) is 10.2 Å². The molecular formula is C12H13ClN4OS2. The van der Waals surface area contributed by atoms with Crippen molar-refractivity contribution >= 4 is 40.6 Å². The third-order valence-corrected chi connectivity index (χ3v) is 4.40. The molecule has 0 atom stereocenters. The summed E-state index contributed by atoms with van der Waals surface area (Å²) in [5, 5.41) is 11.1. The summed E-state index contributed by atoms with van der Waals surface area (Å²) in [4.78, 5) is 12.0. The van der Waals surface area contributed by atoms with E-state index in [1.165, 1.54) is 17.3 Å². The summed E-state index contributed by atoms with van der Waals surface area (Å²) >= 11 is 8.59. The summed E-state index contributed by atoms with van der Waals surface area (Å²) in [5.41, 5.74) is 6.69. The fourth-order valence-electron chi connectivity index (χ4n) is 1.57. The van der Waals surface area contributed by atoms with Gasteiger partial charge in [0.2, 0.25) is 5.91 Å². The summed E-state index contributed by atoms with van der Waals surface area (Å²) in [5.74, 6) is 1.12. The molecule has 2 aromatic heterocycles. The average Bonchev–Trinajstić information content (AvgIpc) is 3.05. The zero-order chi connectivity index (χ0) is 14.4. The molecule has 0 aromatic carbocycles. The lowest BCUT2D eigenvalue weighted by Crippen LogP contribution is -2.14. The number of nitrogens with two attached hydrogens (primary N) is 1. The first-order chi connectivity index (χ1) is 9.72. The van der Waals surface area contributed by atoms with Gasteiger partial charge in [0, 0.05) is 24.3 Å². The Hall–Kier alpha value is -1.31. The standard InChI is InChI=1S/C12H13ClN4OS2/c13-5-2-8-20-12-16-15-11(9-3-1-7-19-9)17(12)6-4-10(14)18/h1-3,5,7H,4,6,8H2,(H2,14,18)/b5-2+. The zero-order valence-electron chi connectivity index (χ0n) is 10.5. The van der Waals surface area contributed by atoms with Crippen molar-refractivity contribution in [3.63, 3.8) is 0 Å². The number of thiophene rings is 1. The van der Waals surface area contributed by atoms with Gasteiger partial charge in [0.15, 0.2) is 11.0 Å². The summed E-state index contributed by atoms with van der Waals surface area (Å²) in [7, 11) is 0. The number of halogens is 1. The molecule has 0 unspecified atom stereocenters. The van der Waals surface area contributed by atoms with Crippen molar-refractivity contribution in [1.82, 2.24) is 14.8 Å². The second-order valence-electron chi connectivity index (χ2n) is 3.82. The molecule has 5 nitrogen and oxygen atoms in total. The van der Waals surface area contributed by atoms with Crippen LogP contribution in [0.5, 0.6) is 0 Å². The lowest BCUT2D eigenvalue weighted by atomic mass is 10.4. The number of thioether (sulfide) groups is 1. The number of primary amides is 1. The molecule has 2 aromatic rings. The van der Waals surface area contributed by atoms with Crippen LogP contribution in [-0.2, 0) is 11.3 Å². The molecule has 8 heteroatoms. The Bertz CT molecular complexity index is 595. The molecule has 0 radical (unpaired) electrons. The van der Waals surface area contributed by atoms with Crippen LogP contribution in [0.3, 0.4) is 0 Å². The smallest absolute Gasteiger partial charge is 0.219 e. The van der Waals surface area contributed by atoms with Crippen molar-refractivity contribution in [1.29, 1.82) is 0 Å². The molecular weight excluding hydrogens is 316 g/mol. The minimum absolute atomic E-state index is 0.259. The second-order valence-corrected chi connectivity index (χ2v) is 6.01. The monoisotopic (exact) mass is 328 g/mol. The predicted molar refractivity (Wildman–Crippen MR) is 82.9 cm³/mol. The number of nitrogens with zero attached hydrogens (tertiary/aromatic N) is 3. The quantitative estimate of drug-likeness (QED) is 0.793. The zero-order valence-corrected chi connectivity index (χ0v) is 12.9. The van der Waals surface area contributed by atoms with E-state index in [0.717, 1.165) is 15.9 Å². The van der Waals surface area contributed by atoms with E-state index in [1.54, 1.807) is 11.3 Å². The largest absolute Gasteiger partial charge is 0.370 e. The predicted octanol–water partition coefficient (Wildman–Crippen LogP) is 2.73. The Morgan fingerprint density at radius 2 is 2.40 bits per heavy atom. The van der Waals surface area contributed by atoms with Gasteiger partial charge in [-0.1, -0.05) is 35.5 Å². The van der Waals surface area contributed by atoms with Crippen LogP contribution < -0.4 is 5.73 Å². The van der Waals surface area contributed by atoms with E-state index in [0.29, 0.717) is 12.3 Å². The first-order valence-corrected chi connectivity index (χ1v) is 8.16. The highest BCUT2D eigenvalue weighted by molar-refractivity contribution is 7.99. The van der Waals surface area contributed by atoms with Gasteiger partial charge < -0.3 is 10.3 Å². The van der Waals surface area contributed by atoms with Gasteiger partial charge >= 0.3 is 0 Å². The maximum atomic E-state index is 11.0. The number of hydrogen-bond donors (Lipinski definition) is 1. The van der Waals surface area contributed by atoms with Crippen LogP contribution in [0.1, 0.15) is 6.42 Å². The highest BCUT2D eigenvalue weighted by Gasteiger charge is 2.15. The molecule has 0 saturated carbocycles. The van der Waals surface area contributed by atoms with Crippen molar-refractivity contribution in [2.75, 3.05) is 5.75 Å². The number of carbonyl (C=O) groups excluding carboxylic acids is 1. The van der Waals surface area contributed by atoms with Crippen LogP contribution in [0, 0.1) is 0 Å². The van der Waals surface area contributed by atoms with E-state index in [-0.39, 0.29) is 12.3 Å². The van der Waals surface area contributed by atoms with Crippen LogP contribution in [0.2, 0.25) is 0 Å². The van der Waals surface area contributed by atoms with Crippen molar-refractivity contribution in [3.05, 3.63) is 29.1 Å². The third-order valence-electron chi connectivity index (χ3n) is 2.44. The summed E-state index contributed by atoms with van der Waals surface area (Å²) < 4.78 is 1.92. The number of carbonyl (C=O) groups is 1. The Labute approximate surface area is 129 Å². The highest BCUT2D eigenvalue weighted by atomic mass is 35.5. The normalized spacial score (nSPS) is 11.2. The first kappa shape index (κ1) is 15.1. The minimum Gasteiger partial charge on any atom is -0.370 e. The van der Waals surface area contributed by atoms with Crippen LogP contribution in [0.15, 0.2) is 34.3 Å². The Morgan fingerprint density at radius 3 is 3.05 bits per heavy atom. The molecule has 0 saturated heterocycles. The number of aromatic nitrogens is 3. The van der Waals surface area contributed by atoms with Crippen molar-refractivity contribution in [3.8, 4) is 10.7 Å². The number of rotatable bonds is 7. The van der Waals surface area contributed by atoms with E-state index in [1.807, 2.05) is 28.2 Å². The average molecular weight is 329 g/mol. The van der Waals surface area contributed by atoms with E-state index in [4.69, 9.17) is 17.3 Å². The van der Waals surface area contributed by atoms with Gasteiger partial charge in [0.1, 0.15) is 0 Å².